The van der Waals surface area contributed by atoms with Crippen molar-refractivity contribution >= 4 is 33.9 Å². The Morgan fingerprint density at radius 2 is 1.95 bits per heavy atom. The fourth-order valence-corrected chi connectivity index (χ4v) is 4.44. The first-order chi connectivity index (χ1) is 18.3. The minimum atomic E-state index is -0.811. The summed E-state index contributed by atoms with van der Waals surface area (Å²) in [6.45, 7) is 11.6. The molecule has 1 aliphatic heterocycles. The summed E-state index contributed by atoms with van der Waals surface area (Å²) in [6.07, 6.45) is 3.29. The second kappa shape index (κ2) is 10.8. The Kier molecular flexibility index (Phi) is 7.87. The van der Waals surface area contributed by atoms with Crippen molar-refractivity contribution in [1.29, 1.82) is 5.26 Å². The van der Waals surface area contributed by atoms with Crippen LogP contribution in [-0.2, 0) is 0 Å². The lowest BCUT2D eigenvalue weighted by atomic mass is 9.96. The number of pyridine rings is 2. The molecule has 0 fully saturated rings. The second-order valence-electron chi connectivity index (χ2n) is 11.5. The molecule has 0 bridgehead atoms. The fraction of sp³-hybridized carbons (Fsp3) is 0.393. The quantitative estimate of drug-likeness (QED) is 0.247. The van der Waals surface area contributed by atoms with Gasteiger partial charge in [-0.2, -0.15) is 9.65 Å². The van der Waals surface area contributed by atoms with E-state index in [-0.39, 0.29) is 5.41 Å². The average Bonchev–Trinajstić information content (AvgIpc) is 3.37. The maximum atomic E-state index is 13.9. The van der Waals surface area contributed by atoms with E-state index >= 15 is 0 Å². The molecule has 0 radical (unpaired) electrons. The van der Waals surface area contributed by atoms with Crippen molar-refractivity contribution in [2.45, 2.75) is 53.1 Å². The molecule has 3 aromatic rings. The summed E-state index contributed by atoms with van der Waals surface area (Å²) in [5.41, 5.74) is 9.39. The summed E-state index contributed by atoms with van der Waals surface area (Å²) in [7, 11) is 0. The fourth-order valence-electron chi connectivity index (χ4n) is 4.17. The number of fused-ring (bicyclic) bond motifs is 1. The Morgan fingerprint density at radius 1 is 1.21 bits per heavy atom. The number of aromatic nitrogens is 2. The number of hydrazine groups is 2. The van der Waals surface area contributed by atoms with Crippen molar-refractivity contribution in [3.05, 3.63) is 70.2 Å². The van der Waals surface area contributed by atoms with Crippen LogP contribution in [0.15, 0.2) is 42.4 Å². The molecule has 1 aliphatic rings. The summed E-state index contributed by atoms with van der Waals surface area (Å²) in [5, 5.41) is 19.4. The van der Waals surface area contributed by atoms with Crippen LogP contribution < -0.4 is 21.6 Å². The van der Waals surface area contributed by atoms with E-state index in [2.05, 4.69) is 58.4 Å². The van der Waals surface area contributed by atoms with E-state index < -0.39 is 24.2 Å². The third kappa shape index (κ3) is 6.15. The first-order valence-corrected chi connectivity index (χ1v) is 13.0. The minimum absolute atomic E-state index is 0.0347. The molecule has 8 nitrogen and oxygen atoms in total. The largest absolute Gasteiger partial charge is 0.383 e. The van der Waals surface area contributed by atoms with Gasteiger partial charge in [-0.15, -0.1) is 5.53 Å². The molecule has 39 heavy (non-hydrogen) atoms. The van der Waals surface area contributed by atoms with Crippen molar-refractivity contribution < 1.29 is 8.78 Å². The maximum Gasteiger partial charge on any atom is 0.213 e. The molecule has 3 heterocycles. The molecule has 0 unspecified atom stereocenters. The van der Waals surface area contributed by atoms with Gasteiger partial charge < -0.3 is 16.1 Å². The standard InChI is InChI=1S/C28H33ClF2N8/c1-16-19(7-8-23(31)35-16)26(22-13-39(38-37-22)28(5,6)14-30)36-18-9-20-24(34-15-27(2,3)4)17(11-32)12-33-25(20)21(29)10-18/h7-10,12-13,26,36-38H,14-15H2,1-6H3,(H,33,34)/t26-/m0/s1. The number of benzene rings is 1. The molecule has 0 amide bonds. The Balaban J connectivity index is 1.82. The molecule has 11 heteroatoms. The second-order valence-corrected chi connectivity index (χ2v) is 11.9. The van der Waals surface area contributed by atoms with Gasteiger partial charge in [-0.1, -0.05) is 38.4 Å². The van der Waals surface area contributed by atoms with Crippen LogP contribution in [0.3, 0.4) is 0 Å². The predicted molar refractivity (Wildman–Crippen MR) is 151 cm³/mol. The van der Waals surface area contributed by atoms with Crippen molar-refractivity contribution in [3.8, 4) is 6.07 Å². The average molecular weight is 555 g/mol. The van der Waals surface area contributed by atoms with Gasteiger partial charge in [0.2, 0.25) is 5.95 Å². The zero-order valence-electron chi connectivity index (χ0n) is 22.9. The van der Waals surface area contributed by atoms with Crippen LogP contribution in [0.25, 0.3) is 10.9 Å². The highest BCUT2D eigenvalue weighted by Gasteiger charge is 2.32. The van der Waals surface area contributed by atoms with E-state index in [4.69, 9.17) is 11.6 Å². The minimum Gasteiger partial charge on any atom is -0.383 e. The molecule has 0 aliphatic carbocycles. The molecular formula is C28H33ClF2N8. The van der Waals surface area contributed by atoms with Crippen LogP contribution in [0.1, 0.15) is 57.5 Å². The lowest BCUT2D eigenvalue weighted by Gasteiger charge is -2.31. The molecule has 4 rings (SSSR count). The number of nitrogens with one attached hydrogen (secondary N) is 4. The normalized spacial score (nSPS) is 14.6. The highest BCUT2D eigenvalue weighted by atomic mass is 35.5. The van der Waals surface area contributed by atoms with E-state index in [9.17, 15) is 14.0 Å². The summed E-state index contributed by atoms with van der Waals surface area (Å²) in [4.78, 5) is 8.44. The summed E-state index contributed by atoms with van der Waals surface area (Å²) < 4.78 is 27.6. The summed E-state index contributed by atoms with van der Waals surface area (Å²) >= 11 is 6.70. The van der Waals surface area contributed by atoms with Crippen molar-refractivity contribution in [3.63, 3.8) is 0 Å². The molecule has 1 aromatic carbocycles. The van der Waals surface area contributed by atoms with Gasteiger partial charge in [0, 0.05) is 41.3 Å². The zero-order valence-corrected chi connectivity index (χ0v) is 23.6. The van der Waals surface area contributed by atoms with Crippen LogP contribution in [0.5, 0.6) is 0 Å². The SMILES string of the molecule is Cc1nc(F)ccc1[C@H](Nc1cc(Cl)c2ncc(C#N)c(NCC(C)(C)C)c2c1)C1=CN(C(C)(C)CF)NN1. The van der Waals surface area contributed by atoms with Gasteiger partial charge in [0.05, 0.1) is 39.1 Å². The molecule has 0 spiro atoms. The Hall–Kier alpha value is -3.68. The van der Waals surface area contributed by atoms with Gasteiger partial charge in [-0.05, 0) is 44.4 Å². The van der Waals surface area contributed by atoms with Gasteiger partial charge >= 0.3 is 0 Å². The lowest BCUT2D eigenvalue weighted by Crippen LogP contribution is -2.50. The first-order valence-electron chi connectivity index (χ1n) is 12.6. The van der Waals surface area contributed by atoms with E-state index in [0.29, 0.717) is 56.4 Å². The summed E-state index contributed by atoms with van der Waals surface area (Å²) in [5.74, 6) is -0.583. The smallest absolute Gasteiger partial charge is 0.213 e. The predicted octanol–water partition coefficient (Wildman–Crippen LogP) is 6.13. The third-order valence-corrected chi connectivity index (χ3v) is 6.72. The number of alkyl halides is 1. The highest BCUT2D eigenvalue weighted by Crippen LogP contribution is 2.37. The van der Waals surface area contributed by atoms with Crippen LogP contribution in [-0.4, -0.2) is 33.7 Å². The number of nitriles is 1. The maximum absolute atomic E-state index is 13.9. The molecule has 206 valence electrons. The van der Waals surface area contributed by atoms with Crippen LogP contribution >= 0.6 is 11.6 Å². The molecule has 2 aromatic heterocycles. The number of halogens is 3. The highest BCUT2D eigenvalue weighted by molar-refractivity contribution is 6.35. The molecule has 0 saturated carbocycles. The Morgan fingerprint density at radius 3 is 2.59 bits per heavy atom. The number of hydrogen-bond donors (Lipinski definition) is 4. The summed E-state index contributed by atoms with van der Waals surface area (Å²) in [6, 6.07) is 8.28. The van der Waals surface area contributed by atoms with E-state index in [1.165, 1.54) is 12.3 Å². The Bertz CT molecular complexity index is 1460. The third-order valence-electron chi connectivity index (χ3n) is 6.43. The number of hydrogen-bond acceptors (Lipinski definition) is 8. The van der Waals surface area contributed by atoms with Crippen LogP contribution in [0.2, 0.25) is 5.02 Å². The lowest BCUT2D eigenvalue weighted by molar-refractivity contribution is 0.0936. The monoisotopic (exact) mass is 554 g/mol. The Labute approximate surface area is 232 Å². The first kappa shape index (κ1) is 28.3. The topological polar surface area (TPSA) is 101 Å². The van der Waals surface area contributed by atoms with Gasteiger partial charge in [0.25, 0.3) is 0 Å². The molecule has 4 N–H and O–H groups in total. The van der Waals surface area contributed by atoms with Gasteiger partial charge in [-0.25, -0.2) is 9.37 Å². The van der Waals surface area contributed by atoms with E-state index in [1.54, 1.807) is 44.1 Å². The molecule has 1 atom stereocenters. The van der Waals surface area contributed by atoms with Crippen molar-refractivity contribution in [2.75, 3.05) is 23.9 Å². The van der Waals surface area contributed by atoms with Crippen LogP contribution in [0.4, 0.5) is 20.2 Å². The van der Waals surface area contributed by atoms with E-state index in [0.717, 1.165) is 0 Å². The van der Waals surface area contributed by atoms with E-state index in [1.807, 2.05) is 6.07 Å². The number of anilines is 2. The number of rotatable bonds is 8. The van der Waals surface area contributed by atoms with Crippen molar-refractivity contribution in [2.24, 2.45) is 5.41 Å². The number of aryl methyl sites for hydroxylation is 1. The van der Waals surface area contributed by atoms with Crippen LogP contribution in [0, 0.1) is 29.6 Å². The molecule has 0 saturated heterocycles. The number of nitrogens with zero attached hydrogens (tertiary/aromatic N) is 4. The molecular weight excluding hydrogens is 522 g/mol. The van der Waals surface area contributed by atoms with Crippen molar-refractivity contribution in [1.82, 2.24) is 25.9 Å². The van der Waals surface area contributed by atoms with Gasteiger partial charge in [0.1, 0.15) is 12.7 Å². The van der Waals surface area contributed by atoms with Gasteiger partial charge in [0.15, 0.2) is 0 Å². The zero-order chi connectivity index (χ0) is 28.5. The van der Waals surface area contributed by atoms with Gasteiger partial charge in [-0.3, -0.25) is 9.99 Å².